The van der Waals surface area contributed by atoms with Crippen molar-refractivity contribution in [3.05, 3.63) is 29.3 Å². The lowest BCUT2D eigenvalue weighted by atomic mass is 9.89. The Labute approximate surface area is 84.5 Å². The highest BCUT2D eigenvalue weighted by Gasteiger charge is 2.31. The number of ether oxygens (including phenoxy) is 1. The van der Waals surface area contributed by atoms with Gasteiger partial charge in [0.25, 0.3) is 0 Å². The molecule has 1 N–H and O–H groups in total. The molecular weight excluding hydrogens is 176 g/mol. The smallest absolute Gasteiger partial charge is 0.125 e. The van der Waals surface area contributed by atoms with Gasteiger partial charge in [0.1, 0.15) is 11.9 Å². The van der Waals surface area contributed by atoms with Crippen molar-refractivity contribution in [3.63, 3.8) is 0 Å². The first-order chi connectivity index (χ1) is 6.59. The molecule has 0 saturated carbocycles. The Balaban J connectivity index is 2.46. The minimum Gasteiger partial charge on any atom is -0.490 e. The summed E-state index contributed by atoms with van der Waals surface area (Å²) in [5.41, 5.74) is 2.09. The molecule has 2 rings (SSSR count). The van der Waals surface area contributed by atoms with Crippen molar-refractivity contribution < 1.29 is 9.84 Å². The van der Waals surface area contributed by atoms with Gasteiger partial charge in [-0.2, -0.15) is 0 Å². The molecule has 0 amide bonds. The van der Waals surface area contributed by atoms with Crippen LogP contribution in [0.15, 0.2) is 18.2 Å². The molecule has 0 bridgehead atoms. The molecule has 1 aromatic rings. The normalized spacial score (nSPS) is 30.7. The Morgan fingerprint density at radius 1 is 1.29 bits per heavy atom. The molecule has 0 saturated heterocycles. The van der Waals surface area contributed by atoms with Crippen molar-refractivity contribution in [2.75, 3.05) is 0 Å². The lowest BCUT2D eigenvalue weighted by Crippen LogP contribution is -2.31. The van der Waals surface area contributed by atoms with Crippen LogP contribution in [0, 0.1) is 12.8 Å². The van der Waals surface area contributed by atoms with E-state index in [9.17, 15) is 5.11 Å². The Bertz CT molecular complexity index is 346. The van der Waals surface area contributed by atoms with E-state index in [2.05, 4.69) is 0 Å². The molecule has 1 aliphatic rings. The summed E-state index contributed by atoms with van der Waals surface area (Å²) in [6, 6.07) is 5.95. The van der Waals surface area contributed by atoms with Gasteiger partial charge in [-0.1, -0.05) is 18.6 Å². The summed E-state index contributed by atoms with van der Waals surface area (Å²) in [6.07, 6.45) is -0.311. The predicted octanol–water partition coefficient (Wildman–Crippen LogP) is 2.45. The maximum atomic E-state index is 10.0. The first-order valence-corrected chi connectivity index (χ1v) is 5.05. The standard InChI is InChI=1S/C12H16O2/c1-7-4-5-11-10(6-7)12(13)8(2)9(3)14-11/h4-6,8-9,12-13H,1-3H3. The molecule has 2 nitrogen and oxygen atoms in total. The van der Waals surface area contributed by atoms with Gasteiger partial charge in [0, 0.05) is 11.5 Å². The van der Waals surface area contributed by atoms with E-state index >= 15 is 0 Å². The maximum absolute atomic E-state index is 10.0. The average molecular weight is 192 g/mol. The first-order valence-electron chi connectivity index (χ1n) is 5.05. The largest absolute Gasteiger partial charge is 0.490 e. The molecule has 0 aromatic heterocycles. The lowest BCUT2D eigenvalue weighted by molar-refractivity contribution is 0.0174. The zero-order valence-electron chi connectivity index (χ0n) is 8.82. The molecule has 0 aliphatic carbocycles. The van der Waals surface area contributed by atoms with E-state index in [0.717, 1.165) is 16.9 Å². The lowest BCUT2D eigenvalue weighted by Gasteiger charge is -2.33. The third kappa shape index (κ3) is 1.40. The van der Waals surface area contributed by atoms with Gasteiger partial charge in [-0.3, -0.25) is 0 Å². The van der Waals surface area contributed by atoms with E-state index in [1.54, 1.807) is 0 Å². The second kappa shape index (κ2) is 3.28. The Morgan fingerprint density at radius 2 is 2.00 bits per heavy atom. The van der Waals surface area contributed by atoms with Crippen LogP contribution < -0.4 is 4.74 Å². The molecule has 1 aromatic carbocycles. The van der Waals surface area contributed by atoms with Crippen LogP contribution in [0.5, 0.6) is 5.75 Å². The van der Waals surface area contributed by atoms with Crippen LogP contribution in [0.2, 0.25) is 0 Å². The third-order valence-corrected chi connectivity index (χ3v) is 3.04. The van der Waals surface area contributed by atoms with E-state index in [0.29, 0.717) is 0 Å². The molecule has 14 heavy (non-hydrogen) atoms. The highest BCUT2D eigenvalue weighted by Crippen LogP contribution is 2.38. The van der Waals surface area contributed by atoms with Gasteiger partial charge in [-0.25, -0.2) is 0 Å². The molecule has 3 atom stereocenters. The van der Waals surface area contributed by atoms with Crippen LogP contribution in [0.4, 0.5) is 0 Å². The van der Waals surface area contributed by atoms with Gasteiger partial charge in [0.2, 0.25) is 0 Å². The Hall–Kier alpha value is -1.02. The van der Waals surface area contributed by atoms with Gasteiger partial charge in [0.15, 0.2) is 0 Å². The molecular formula is C12H16O2. The Kier molecular flexibility index (Phi) is 2.23. The van der Waals surface area contributed by atoms with Crippen molar-refractivity contribution in [3.8, 4) is 5.75 Å². The van der Waals surface area contributed by atoms with Crippen molar-refractivity contribution in [1.82, 2.24) is 0 Å². The van der Waals surface area contributed by atoms with E-state index in [-0.39, 0.29) is 12.0 Å². The van der Waals surface area contributed by atoms with Crippen molar-refractivity contribution >= 4 is 0 Å². The molecule has 2 heteroatoms. The Morgan fingerprint density at radius 3 is 2.71 bits per heavy atom. The molecule has 1 aliphatic heterocycles. The van der Waals surface area contributed by atoms with Crippen LogP contribution in [-0.4, -0.2) is 11.2 Å². The minimum absolute atomic E-state index is 0.0835. The van der Waals surface area contributed by atoms with E-state index in [4.69, 9.17) is 4.74 Å². The van der Waals surface area contributed by atoms with Gasteiger partial charge in [-0.15, -0.1) is 0 Å². The van der Waals surface area contributed by atoms with E-state index < -0.39 is 6.10 Å². The molecule has 1 heterocycles. The number of hydrogen-bond acceptors (Lipinski definition) is 2. The van der Waals surface area contributed by atoms with Crippen LogP contribution >= 0.6 is 0 Å². The highest BCUT2D eigenvalue weighted by atomic mass is 16.5. The zero-order valence-corrected chi connectivity index (χ0v) is 8.82. The van der Waals surface area contributed by atoms with Crippen LogP contribution in [-0.2, 0) is 0 Å². The van der Waals surface area contributed by atoms with Gasteiger partial charge >= 0.3 is 0 Å². The quantitative estimate of drug-likeness (QED) is 0.684. The molecule has 0 fully saturated rings. The fourth-order valence-corrected chi connectivity index (χ4v) is 1.85. The first kappa shape index (κ1) is 9.53. The van der Waals surface area contributed by atoms with Crippen LogP contribution in [0.1, 0.15) is 31.1 Å². The highest BCUT2D eigenvalue weighted by molar-refractivity contribution is 5.40. The fourth-order valence-electron chi connectivity index (χ4n) is 1.85. The molecule has 3 unspecified atom stereocenters. The summed E-state index contributed by atoms with van der Waals surface area (Å²) in [4.78, 5) is 0. The van der Waals surface area contributed by atoms with Gasteiger partial charge < -0.3 is 9.84 Å². The SMILES string of the molecule is Cc1ccc2c(c1)C(O)C(C)C(C)O2. The third-order valence-electron chi connectivity index (χ3n) is 3.04. The summed E-state index contributed by atoms with van der Waals surface area (Å²) in [5, 5.41) is 10.0. The maximum Gasteiger partial charge on any atom is 0.125 e. The molecule has 0 spiro atoms. The number of hydrogen-bond donors (Lipinski definition) is 1. The van der Waals surface area contributed by atoms with Gasteiger partial charge in [-0.05, 0) is 26.0 Å². The average Bonchev–Trinajstić information content (AvgIpc) is 2.16. The summed E-state index contributed by atoms with van der Waals surface area (Å²) in [6.45, 7) is 6.03. The topological polar surface area (TPSA) is 29.5 Å². The number of rotatable bonds is 0. The summed E-state index contributed by atoms with van der Waals surface area (Å²) in [5.74, 6) is 0.984. The number of fused-ring (bicyclic) bond motifs is 1. The van der Waals surface area contributed by atoms with Crippen molar-refractivity contribution in [2.45, 2.75) is 33.0 Å². The second-order valence-corrected chi connectivity index (χ2v) is 4.17. The number of aliphatic hydroxyl groups excluding tert-OH is 1. The van der Waals surface area contributed by atoms with E-state index in [1.165, 1.54) is 0 Å². The van der Waals surface area contributed by atoms with Crippen molar-refractivity contribution in [2.24, 2.45) is 5.92 Å². The van der Waals surface area contributed by atoms with E-state index in [1.807, 2.05) is 39.0 Å². The number of aliphatic hydroxyl groups is 1. The number of benzene rings is 1. The van der Waals surface area contributed by atoms with Gasteiger partial charge in [0.05, 0.1) is 6.10 Å². The minimum atomic E-state index is -0.395. The fraction of sp³-hybridized carbons (Fsp3) is 0.500. The monoisotopic (exact) mass is 192 g/mol. The van der Waals surface area contributed by atoms with Crippen LogP contribution in [0.25, 0.3) is 0 Å². The molecule has 0 radical (unpaired) electrons. The summed E-state index contributed by atoms with van der Waals surface area (Å²) >= 11 is 0. The number of aryl methyl sites for hydroxylation is 1. The second-order valence-electron chi connectivity index (χ2n) is 4.17. The predicted molar refractivity (Wildman–Crippen MR) is 55.4 cm³/mol. The zero-order chi connectivity index (χ0) is 10.3. The van der Waals surface area contributed by atoms with Crippen LogP contribution in [0.3, 0.4) is 0 Å². The summed E-state index contributed by atoms with van der Waals surface area (Å²) in [7, 11) is 0. The van der Waals surface area contributed by atoms with Crippen molar-refractivity contribution in [1.29, 1.82) is 0 Å². The molecule has 76 valence electrons. The summed E-state index contributed by atoms with van der Waals surface area (Å²) < 4.78 is 5.71.